The molecule has 0 aromatic heterocycles. The predicted molar refractivity (Wildman–Crippen MR) is 57.1 cm³/mol. The summed E-state index contributed by atoms with van der Waals surface area (Å²) in [5.41, 5.74) is 0.584. The topological polar surface area (TPSA) is 26.3 Å². The molecule has 0 radical (unpaired) electrons. The van der Waals surface area contributed by atoms with Crippen LogP contribution >= 0.6 is 11.6 Å². The average Bonchev–Trinajstić information content (AvgIpc) is 2.15. The van der Waals surface area contributed by atoms with Gasteiger partial charge in [0.15, 0.2) is 5.78 Å². The van der Waals surface area contributed by atoms with Crippen LogP contribution in [0.15, 0.2) is 30.9 Å². The molecule has 1 aromatic rings. The molecule has 1 aromatic carbocycles. The molecule has 0 unspecified atom stereocenters. The second kappa shape index (κ2) is 4.82. The SMILES string of the molecule is C=CCOc1ccc(C(C)=O)cc1Cl. The molecular formula is C11H11ClO2. The van der Waals surface area contributed by atoms with Crippen LogP contribution < -0.4 is 4.74 Å². The molecule has 0 bridgehead atoms. The fourth-order valence-corrected chi connectivity index (χ4v) is 1.22. The van der Waals surface area contributed by atoms with Gasteiger partial charge in [0, 0.05) is 5.56 Å². The normalized spacial score (nSPS) is 9.57. The van der Waals surface area contributed by atoms with Crippen LogP contribution in [0.2, 0.25) is 5.02 Å². The van der Waals surface area contributed by atoms with E-state index in [4.69, 9.17) is 16.3 Å². The number of ether oxygens (including phenoxy) is 1. The van der Waals surface area contributed by atoms with Gasteiger partial charge in [0.25, 0.3) is 0 Å². The molecule has 2 nitrogen and oxygen atoms in total. The highest BCUT2D eigenvalue weighted by Crippen LogP contribution is 2.25. The van der Waals surface area contributed by atoms with Crippen LogP contribution in [0.1, 0.15) is 17.3 Å². The number of halogens is 1. The van der Waals surface area contributed by atoms with E-state index in [9.17, 15) is 4.79 Å². The predicted octanol–water partition coefficient (Wildman–Crippen LogP) is 3.11. The highest BCUT2D eigenvalue weighted by atomic mass is 35.5. The summed E-state index contributed by atoms with van der Waals surface area (Å²) < 4.78 is 5.26. The van der Waals surface area contributed by atoms with Gasteiger partial charge in [0.05, 0.1) is 5.02 Å². The number of benzene rings is 1. The molecule has 0 amide bonds. The van der Waals surface area contributed by atoms with E-state index in [0.29, 0.717) is 22.9 Å². The standard InChI is InChI=1S/C11H11ClO2/c1-3-6-14-11-5-4-9(8(2)13)7-10(11)12/h3-5,7H,1,6H2,2H3. The first-order valence-electron chi connectivity index (χ1n) is 4.19. The van der Waals surface area contributed by atoms with Gasteiger partial charge in [-0.3, -0.25) is 4.79 Å². The Morgan fingerprint density at radius 3 is 2.86 bits per heavy atom. The molecule has 0 aliphatic rings. The van der Waals surface area contributed by atoms with Crippen LogP contribution in [-0.2, 0) is 0 Å². The molecule has 14 heavy (non-hydrogen) atoms. The third-order valence-corrected chi connectivity index (χ3v) is 1.99. The van der Waals surface area contributed by atoms with Gasteiger partial charge in [0.1, 0.15) is 12.4 Å². The van der Waals surface area contributed by atoms with E-state index in [1.54, 1.807) is 24.3 Å². The third kappa shape index (κ3) is 2.60. The first-order valence-corrected chi connectivity index (χ1v) is 4.57. The van der Waals surface area contributed by atoms with Gasteiger partial charge in [-0.05, 0) is 25.1 Å². The summed E-state index contributed by atoms with van der Waals surface area (Å²) in [6.07, 6.45) is 1.63. The minimum Gasteiger partial charge on any atom is -0.488 e. The van der Waals surface area contributed by atoms with E-state index in [2.05, 4.69) is 6.58 Å². The van der Waals surface area contributed by atoms with Crippen molar-refractivity contribution in [3.8, 4) is 5.75 Å². The van der Waals surface area contributed by atoms with E-state index < -0.39 is 0 Å². The zero-order valence-corrected chi connectivity index (χ0v) is 8.67. The Bertz CT molecular complexity index is 358. The monoisotopic (exact) mass is 210 g/mol. The van der Waals surface area contributed by atoms with Gasteiger partial charge in [-0.25, -0.2) is 0 Å². The summed E-state index contributed by atoms with van der Waals surface area (Å²) in [6.45, 7) is 5.43. The largest absolute Gasteiger partial charge is 0.488 e. The second-order valence-corrected chi connectivity index (χ2v) is 3.21. The summed E-state index contributed by atoms with van der Waals surface area (Å²) in [7, 11) is 0. The lowest BCUT2D eigenvalue weighted by Gasteiger charge is -2.06. The van der Waals surface area contributed by atoms with Crippen LogP contribution in [0.3, 0.4) is 0 Å². The van der Waals surface area contributed by atoms with Gasteiger partial charge in [-0.15, -0.1) is 0 Å². The fourth-order valence-electron chi connectivity index (χ4n) is 0.986. The maximum absolute atomic E-state index is 11.0. The Kier molecular flexibility index (Phi) is 3.72. The molecular weight excluding hydrogens is 200 g/mol. The minimum atomic E-state index is -0.0119. The van der Waals surface area contributed by atoms with Crippen molar-refractivity contribution in [1.82, 2.24) is 0 Å². The van der Waals surface area contributed by atoms with Crippen molar-refractivity contribution in [1.29, 1.82) is 0 Å². The lowest BCUT2D eigenvalue weighted by Crippen LogP contribution is -1.96. The third-order valence-electron chi connectivity index (χ3n) is 1.70. The number of Topliss-reactive ketones (excluding diaryl/α,β-unsaturated/α-hetero) is 1. The van der Waals surface area contributed by atoms with Crippen LogP contribution in [0, 0.1) is 0 Å². The maximum atomic E-state index is 11.0. The molecule has 1 rings (SSSR count). The number of hydrogen-bond acceptors (Lipinski definition) is 2. The highest BCUT2D eigenvalue weighted by Gasteiger charge is 2.04. The van der Waals surface area contributed by atoms with Crippen molar-refractivity contribution >= 4 is 17.4 Å². The van der Waals surface area contributed by atoms with Gasteiger partial charge >= 0.3 is 0 Å². The summed E-state index contributed by atoms with van der Waals surface area (Å²) in [4.78, 5) is 11.0. The van der Waals surface area contributed by atoms with E-state index in [1.165, 1.54) is 6.92 Å². The summed E-state index contributed by atoms with van der Waals surface area (Å²) in [6, 6.07) is 4.97. The Labute approximate surface area is 88.1 Å². The van der Waals surface area contributed by atoms with E-state index in [-0.39, 0.29) is 5.78 Å². The summed E-state index contributed by atoms with van der Waals surface area (Å²) >= 11 is 5.90. The second-order valence-electron chi connectivity index (χ2n) is 2.80. The summed E-state index contributed by atoms with van der Waals surface area (Å²) in [5.74, 6) is 0.554. The zero-order chi connectivity index (χ0) is 10.6. The number of hydrogen-bond donors (Lipinski definition) is 0. The van der Waals surface area contributed by atoms with Crippen LogP contribution in [-0.4, -0.2) is 12.4 Å². The molecule has 0 atom stereocenters. The van der Waals surface area contributed by atoms with E-state index in [1.807, 2.05) is 0 Å². The lowest BCUT2D eigenvalue weighted by atomic mass is 10.1. The van der Waals surface area contributed by atoms with Gasteiger partial charge in [-0.1, -0.05) is 24.3 Å². The molecule has 74 valence electrons. The molecule has 0 N–H and O–H groups in total. The molecule has 0 heterocycles. The Morgan fingerprint density at radius 2 is 2.36 bits per heavy atom. The Balaban J connectivity index is 2.89. The number of rotatable bonds is 4. The first-order chi connectivity index (χ1) is 6.65. The van der Waals surface area contributed by atoms with E-state index in [0.717, 1.165) is 0 Å². The highest BCUT2D eigenvalue weighted by molar-refractivity contribution is 6.32. The van der Waals surface area contributed by atoms with Gasteiger partial charge in [0.2, 0.25) is 0 Å². The fraction of sp³-hybridized carbons (Fsp3) is 0.182. The van der Waals surface area contributed by atoms with Gasteiger partial charge in [-0.2, -0.15) is 0 Å². The lowest BCUT2D eigenvalue weighted by molar-refractivity contribution is 0.101. The smallest absolute Gasteiger partial charge is 0.159 e. The van der Waals surface area contributed by atoms with Gasteiger partial charge < -0.3 is 4.74 Å². The molecule has 0 spiro atoms. The number of ketones is 1. The molecule has 0 aliphatic carbocycles. The van der Waals surface area contributed by atoms with Crippen molar-refractivity contribution < 1.29 is 9.53 Å². The zero-order valence-electron chi connectivity index (χ0n) is 7.92. The van der Waals surface area contributed by atoms with Crippen molar-refractivity contribution in [3.63, 3.8) is 0 Å². The molecule has 0 saturated heterocycles. The van der Waals surface area contributed by atoms with Crippen LogP contribution in [0.25, 0.3) is 0 Å². The number of carbonyl (C=O) groups is 1. The molecule has 0 fully saturated rings. The quantitative estimate of drug-likeness (QED) is 0.564. The first kappa shape index (κ1) is 10.8. The van der Waals surface area contributed by atoms with Crippen molar-refractivity contribution in [3.05, 3.63) is 41.4 Å². The summed E-state index contributed by atoms with van der Waals surface area (Å²) in [5, 5.41) is 0.444. The minimum absolute atomic E-state index is 0.0119. The molecule has 0 aliphatic heterocycles. The maximum Gasteiger partial charge on any atom is 0.159 e. The molecule has 3 heteroatoms. The van der Waals surface area contributed by atoms with Crippen molar-refractivity contribution in [2.45, 2.75) is 6.92 Å². The average molecular weight is 211 g/mol. The van der Waals surface area contributed by atoms with Crippen molar-refractivity contribution in [2.75, 3.05) is 6.61 Å². The van der Waals surface area contributed by atoms with Crippen LogP contribution in [0.5, 0.6) is 5.75 Å². The Hall–Kier alpha value is -1.28. The van der Waals surface area contributed by atoms with Crippen LogP contribution in [0.4, 0.5) is 0 Å². The van der Waals surface area contributed by atoms with E-state index >= 15 is 0 Å². The molecule has 0 saturated carbocycles. The Morgan fingerprint density at radius 1 is 1.64 bits per heavy atom. The number of carbonyl (C=O) groups excluding carboxylic acids is 1. The van der Waals surface area contributed by atoms with Crippen molar-refractivity contribution in [2.24, 2.45) is 0 Å².